The molecule has 5 rings (SSSR count). The molecule has 0 aliphatic carbocycles. The average molecular weight is 422 g/mol. The van der Waals surface area contributed by atoms with Crippen molar-refractivity contribution in [3.63, 3.8) is 0 Å². The first-order valence-electron chi connectivity index (χ1n) is 10.5. The van der Waals surface area contributed by atoms with Gasteiger partial charge < -0.3 is 9.47 Å². The van der Waals surface area contributed by atoms with Crippen molar-refractivity contribution < 1.29 is 14.3 Å². The van der Waals surface area contributed by atoms with Gasteiger partial charge in [-0.3, -0.25) is 4.98 Å². The third-order valence-corrected chi connectivity index (χ3v) is 5.56. The number of carbonyl (C=O) groups excluding carboxylic acids is 1. The van der Waals surface area contributed by atoms with Gasteiger partial charge in [-0.1, -0.05) is 36.4 Å². The molecule has 5 heteroatoms. The zero-order valence-corrected chi connectivity index (χ0v) is 17.9. The number of pyridine rings is 2. The number of rotatable bonds is 5. The smallest absolute Gasteiger partial charge is 0.340 e. The van der Waals surface area contributed by atoms with Gasteiger partial charge in [0.1, 0.15) is 18.0 Å². The van der Waals surface area contributed by atoms with E-state index in [2.05, 4.69) is 9.97 Å². The molecule has 0 amide bonds. The molecular weight excluding hydrogens is 400 g/mol. The van der Waals surface area contributed by atoms with E-state index in [1.54, 1.807) is 12.4 Å². The summed E-state index contributed by atoms with van der Waals surface area (Å²) in [6.45, 7) is 4.17. The SMILES string of the molecule is CC1(C)OC(=O)C(c2ccc(OCc3ccc4ccccc4n3)cc2)=C1c1ccncc1. The first kappa shape index (κ1) is 19.9. The first-order chi connectivity index (χ1) is 15.5. The van der Waals surface area contributed by atoms with Crippen molar-refractivity contribution >= 4 is 28.0 Å². The molecule has 4 aromatic rings. The van der Waals surface area contributed by atoms with Gasteiger partial charge in [-0.2, -0.15) is 0 Å². The number of para-hydroxylation sites is 1. The van der Waals surface area contributed by atoms with E-state index in [1.807, 2.05) is 86.6 Å². The van der Waals surface area contributed by atoms with Crippen molar-refractivity contribution in [2.75, 3.05) is 0 Å². The summed E-state index contributed by atoms with van der Waals surface area (Å²) in [4.78, 5) is 21.5. The minimum Gasteiger partial charge on any atom is -0.487 e. The van der Waals surface area contributed by atoms with Crippen molar-refractivity contribution in [1.29, 1.82) is 0 Å². The Bertz CT molecular complexity index is 1330. The zero-order chi connectivity index (χ0) is 22.1. The van der Waals surface area contributed by atoms with Crippen LogP contribution in [0.1, 0.15) is 30.7 Å². The van der Waals surface area contributed by atoms with E-state index >= 15 is 0 Å². The van der Waals surface area contributed by atoms with E-state index in [0.717, 1.165) is 33.3 Å². The Kier molecular flexibility index (Phi) is 4.94. The molecule has 32 heavy (non-hydrogen) atoms. The highest BCUT2D eigenvalue weighted by molar-refractivity contribution is 6.28. The number of ether oxygens (including phenoxy) is 2. The molecule has 2 aromatic heterocycles. The Balaban J connectivity index is 1.40. The lowest BCUT2D eigenvalue weighted by molar-refractivity contribution is -0.141. The number of fused-ring (bicyclic) bond motifs is 1. The van der Waals surface area contributed by atoms with E-state index in [0.29, 0.717) is 17.9 Å². The fourth-order valence-electron chi connectivity index (χ4n) is 4.07. The second-order valence-corrected chi connectivity index (χ2v) is 8.19. The van der Waals surface area contributed by atoms with E-state index in [4.69, 9.17) is 9.47 Å². The van der Waals surface area contributed by atoms with Crippen LogP contribution in [-0.4, -0.2) is 21.5 Å². The van der Waals surface area contributed by atoms with Crippen molar-refractivity contribution in [3.8, 4) is 5.75 Å². The molecule has 0 bridgehead atoms. The highest BCUT2D eigenvalue weighted by Crippen LogP contribution is 2.43. The van der Waals surface area contributed by atoms with Crippen molar-refractivity contribution in [3.05, 3.63) is 102 Å². The fourth-order valence-corrected chi connectivity index (χ4v) is 4.07. The summed E-state index contributed by atoms with van der Waals surface area (Å²) in [6.07, 6.45) is 3.44. The van der Waals surface area contributed by atoms with Gasteiger partial charge in [0.15, 0.2) is 0 Å². The molecule has 158 valence electrons. The number of esters is 1. The zero-order valence-electron chi connectivity index (χ0n) is 17.9. The molecule has 0 saturated carbocycles. The molecule has 3 heterocycles. The molecule has 1 aliphatic rings. The minimum atomic E-state index is -0.718. The maximum Gasteiger partial charge on any atom is 0.340 e. The van der Waals surface area contributed by atoms with Gasteiger partial charge in [-0.15, -0.1) is 0 Å². The van der Waals surface area contributed by atoms with E-state index in [1.165, 1.54) is 0 Å². The van der Waals surface area contributed by atoms with Gasteiger partial charge in [0, 0.05) is 23.4 Å². The van der Waals surface area contributed by atoms with Gasteiger partial charge in [0.25, 0.3) is 0 Å². The van der Waals surface area contributed by atoms with Crippen LogP contribution in [0.15, 0.2) is 85.2 Å². The highest BCUT2D eigenvalue weighted by Gasteiger charge is 2.41. The Morgan fingerprint density at radius 2 is 1.62 bits per heavy atom. The summed E-state index contributed by atoms with van der Waals surface area (Å²) in [5, 5.41) is 1.10. The Hall–Kier alpha value is -3.99. The van der Waals surface area contributed by atoms with Crippen LogP contribution >= 0.6 is 0 Å². The normalized spacial score (nSPS) is 15.1. The van der Waals surface area contributed by atoms with Crippen LogP contribution in [0.5, 0.6) is 5.75 Å². The molecule has 0 atom stereocenters. The van der Waals surface area contributed by atoms with Crippen molar-refractivity contribution in [2.24, 2.45) is 0 Å². The van der Waals surface area contributed by atoms with Gasteiger partial charge in [-0.05, 0) is 61.4 Å². The maximum absolute atomic E-state index is 12.7. The molecule has 5 nitrogen and oxygen atoms in total. The molecular formula is C27H22N2O3. The van der Waals surface area contributed by atoms with Crippen LogP contribution in [-0.2, 0) is 16.1 Å². The lowest BCUT2D eigenvalue weighted by Crippen LogP contribution is -2.22. The number of aromatic nitrogens is 2. The maximum atomic E-state index is 12.7. The largest absolute Gasteiger partial charge is 0.487 e. The van der Waals surface area contributed by atoms with Crippen LogP contribution in [0.25, 0.3) is 22.0 Å². The predicted octanol–water partition coefficient (Wildman–Crippen LogP) is 5.46. The minimum absolute atomic E-state index is 0.323. The monoisotopic (exact) mass is 422 g/mol. The number of benzene rings is 2. The van der Waals surface area contributed by atoms with Crippen LogP contribution in [0, 0.1) is 0 Å². The van der Waals surface area contributed by atoms with Gasteiger partial charge in [0.2, 0.25) is 0 Å². The van der Waals surface area contributed by atoms with Crippen molar-refractivity contribution in [2.45, 2.75) is 26.1 Å². The molecule has 0 unspecified atom stereocenters. The molecule has 2 aromatic carbocycles. The third kappa shape index (κ3) is 3.73. The van der Waals surface area contributed by atoms with Gasteiger partial charge in [0.05, 0.1) is 16.8 Å². The summed E-state index contributed by atoms with van der Waals surface area (Å²) in [5.41, 5.74) is 4.24. The summed E-state index contributed by atoms with van der Waals surface area (Å²) in [6, 6.07) is 23.3. The second-order valence-electron chi connectivity index (χ2n) is 8.19. The lowest BCUT2D eigenvalue weighted by atomic mass is 9.87. The number of carbonyl (C=O) groups is 1. The van der Waals surface area contributed by atoms with Gasteiger partial charge in [-0.25, -0.2) is 9.78 Å². The van der Waals surface area contributed by atoms with Crippen molar-refractivity contribution in [1.82, 2.24) is 9.97 Å². The lowest BCUT2D eigenvalue weighted by Gasteiger charge is -2.21. The topological polar surface area (TPSA) is 61.3 Å². The molecule has 0 saturated heterocycles. The van der Waals surface area contributed by atoms with Crippen LogP contribution in [0.4, 0.5) is 0 Å². The summed E-state index contributed by atoms with van der Waals surface area (Å²) < 4.78 is 11.6. The highest BCUT2D eigenvalue weighted by atomic mass is 16.6. The van der Waals surface area contributed by atoms with E-state index in [-0.39, 0.29) is 5.97 Å². The molecule has 0 fully saturated rings. The standard InChI is InChI=1S/C27H22N2O3/c1-27(2)25(20-13-15-28-16-14-20)24(26(30)32-27)19-8-11-22(12-9-19)31-17-21-10-7-18-5-3-4-6-23(18)29-21/h3-16H,17H2,1-2H3. The Morgan fingerprint density at radius 1 is 0.875 bits per heavy atom. The molecule has 1 aliphatic heterocycles. The third-order valence-electron chi connectivity index (χ3n) is 5.56. The predicted molar refractivity (Wildman–Crippen MR) is 124 cm³/mol. The van der Waals surface area contributed by atoms with Gasteiger partial charge >= 0.3 is 5.97 Å². The van der Waals surface area contributed by atoms with E-state index < -0.39 is 5.60 Å². The quantitative estimate of drug-likeness (QED) is 0.400. The van der Waals surface area contributed by atoms with Crippen LogP contribution in [0.3, 0.4) is 0 Å². The summed E-state index contributed by atoms with van der Waals surface area (Å²) in [5.74, 6) is 0.385. The van der Waals surface area contributed by atoms with Crippen LogP contribution < -0.4 is 4.74 Å². The molecule has 0 N–H and O–H groups in total. The summed E-state index contributed by atoms with van der Waals surface area (Å²) >= 11 is 0. The number of nitrogens with zero attached hydrogens (tertiary/aromatic N) is 2. The first-order valence-corrected chi connectivity index (χ1v) is 10.5. The van der Waals surface area contributed by atoms with Crippen LogP contribution in [0.2, 0.25) is 0 Å². The van der Waals surface area contributed by atoms with E-state index in [9.17, 15) is 4.79 Å². The second kappa shape index (κ2) is 7.93. The number of cyclic esters (lactones) is 1. The molecule has 0 radical (unpaired) electrons. The summed E-state index contributed by atoms with van der Waals surface area (Å²) in [7, 11) is 0. The average Bonchev–Trinajstić information content (AvgIpc) is 3.06. The Labute approximate surface area is 186 Å². The number of hydrogen-bond donors (Lipinski definition) is 0. The Morgan fingerprint density at radius 3 is 2.41 bits per heavy atom. The molecule has 0 spiro atoms. The fraction of sp³-hybridized carbons (Fsp3) is 0.148. The number of hydrogen-bond acceptors (Lipinski definition) is 5.